The fourth-order valence-electron chi connectivity index (χ4n) is 2.02. The Hall–Kier alpha value is -2.87. The quantitative estimate of drug-likeness (QED) is 0.682. The van der Waals surface area contributed by atoms with Gasteiger partial charge in [0.1, 0.15) is 10.7 Å². The highest BCUT2D eigenvalue weighted by Gasteiger charge is 2.18. The molecule has 3 rings (SSSR count). The lowest BCUT2D eigenvalue weighted by molar-refractivity contribution is 0.104. The number of halogens is 2. The molecule has 0 radical (unpaired) electrons. The van der Waals surface area contributed by atoms with E-state index < -0.39 is 6.43 Å². The third-order valence-corrected chi connectivity index (χ3v) is 4.20. The zero-order valence-electron chi connectivity index (χ0n) is 12.2. The normalized spacial score (nSPS) is 10.8. The SMILES string of the molecule is Nc1nc(Nc2ccc(C(F)F)cc2)sc1C(=O)c1ccncc1. The summed E-state index contributed by atoms with van der Waals surface area (Å²) in [5, 5.41) is 3.37. The second kappa shape index (κ2) is 6.71. The van der Waals surface area contributed by atoms with Crippen molar-refractivity contribution in [3.05, 3.63) is 64.8 Å². The van der Waals surface area contributed by atoms with Crippen molar-refractivity contribution in [3.63, 3.8) is 0 Å². The summed E-state index contributed by atoms with van der Waals surface area (Å²) < 4.78 is 25.1. The lowest BCUT2D eigenvalue weighted by atomic mass is 10.1. The Morgan fingerprint density at radius 1 is 1.12 bits per heavy atom. The molecule has 0 spiro atoms. The highest BCUT2D eigenvalue weighted by atomic mass is 32.1. The molecular weight excluding hydrogens is 334 g/mol. The molecule has 0 aliphatic carbocycles. The first-order valence-electron chi connectivity index (χ1n) is 6.91. The number of benzene rings is 1. The van der Waals surface area contributed by atoms with Gasteiger partial charge in [0.2, 0.25) is 5.78 Å². The van der Waals surface area contributed by atoms with Crippen LogP contribution in [0.3, 0.4) is 0 Å². The second-order valence-electron chi connectivity index (χ2n) is 4.85. The maximum atomic E-state index is 12.5. The number of alkyl halides is 2. The van der Waals surface area contributed by atoms with Crippen LogP contribution in [0.15, 0.2) is 48.8 Å². The largest absolute Gasteiger partial charge is 0.382 e. The smallest absolute Gasteiger partial charge is 0.263 e. The first-order chi connectivity index (χ1) is 11.5. The van der Waals surface area contributed by atoms with Gasteiger partial charge in [-0.1, -0.05) is 23.5 Å². The average Bonchev–Trinajstić information content (AvgIpc) is 2.95. The minimum atomic E-state index is -2.51. The lowest BCUT2D eigenvalue weighted by Gasteiger charge is -2.04. The van der Waals surface area contributed by atoms with E-state index in [1.807, 2.05) is 0 Å². The van der Waals surface area contributed by atoms with Crippen LogP contribution in [0.2, 0.25) is 0 Å². The molecule has 3 N–H and O–H groups in total. The fraction of sp³-hybridized carbons (Fsp3) is 0.0625. The Kier molecular flexibility index (Phi) is 4.48. The number of nitrogens with two attached hydrogens (primary N) is 1. The Balaban J connectivity index is 1.80. The van der Waals surface area contributed by atoms with Crippen molar-refractivity contribution in [2.45, 2.75) is 6.43 Å². The number of anilines is 3. The van der Waals surface area contributed by atoms with Gasteiger partial charge in [0, 0.05) is 29.2 Å². The van der Waals surface area contributed by atoms with Crippen LogP contribution in [0, 0.1) is 0 Å². The standard InChI is InChI=1S/C16H12F2N4OS/c17-14(18)10-1-3-11(4-2-10)21-16-22-15(19)13(24-16)12(23)9-5-7-20-8-6-9/h1-8,14H,19H2,(H,21,22). The van der Waals surface area contributed by atoms with Crippen molar-refractivity contribution in [1.82, 2.24) is 9.97 Å². The van der Waals surface area contributed by atoms with E-state index >= 15 is 0 Å². The number of hydrogen-bond acceptors (Lipinski definition) is 6. The molecule has 2 aromatic heterocycles. The number of pyridine rings is 1. The van der Waals surface area contributed by atoms with Crippen LogP contribution < -0.4 is 11.1 Å². The van der Waals surface area contributed by atoms with Crippen molar-refractivity contribution in [2.24, 2.45) is 0 Å². The molecule has 3 aromatic rings. The molecule has 0 bridgehead atoms. The fourth-order valence-corrected chi connectivity index (χ4v) is 2.88. The van der Waals surface area contributed by atoms with Crippen LogP contribution in [-0.2, 0) is 0 Å². The summed E-state index contributed by atoms with van der Waals surface area (Å²) in [5.41, 5.74) is 6.80. The van der Waals surface area contributed by atoms with Crippen molar-refractivity contribution in [1.29, 1.82) is 0 Å². The van der Waals surface area contributed by atoms with E-state index in [4.69, 9.17) is 5.73 Å². The monoisotopic (exact) mass is 346 g/mol. The van der Waals surface area contributed by atoms with E-state index in [0.29, 0.717) is 21.3 Å². The minimum Gasteiger partial charge on any atom is -0.382 e. The van der Waals surface area contributed by atoms with Crippen LogP contribution in [0.4, 0.5) is 25.4 Å². The molecule has 0 saturated carbocycles. The third-order valence-electron chi connectivity index (χ3n) is 3.22. The predicted octanol–water partition coefficient (Wildman–Crippen LogP) is 4.03. The molecule has 8 heteroatoms. The summed E-state index contributed by atoms with van der Waals surface area (Å²) in [5.74, 6) is -0.123. The van der Waals surface area contributed by atoms with E-state index in [-0.39, 0.29) is 17.2 Å². The van der Waals surface area contributed by atoms with E-state index in [2.05, 4.69) is 15.3 Å². The Bertz CT molecular complexity index is 850. The molecule has 0 aliphatic heterocycles. The maximum absolute atomic E-state index is 12.5. The molecule has 0 unspecified atom stereocenters. The summed E-state index contributed by atoms with van der Waals surface area (Å²) >= 11 is 1.10. The summed E-state index contributed by atoms with van der Waals surface area (Å²) in [6, 6.07) is 8.88. The van der Waals surface area contributed by atoms with Gasteiger partial charge in [-0.2, -0.15) is 0 Å². The predicted molar refractivity (Wildman–Crippen MR) is 88.9 cm³/mol. The number of hydrogen-bond donors (Lipinski definition) is 2. The van der Waals surface area contributed by atoms with Crippen LogP contribution in [-0.4, -0.2) is 15.8 Å². The van der Waals surface area contributed by atoms with E-state index in [1.165, 1.54) is 36.7 Å². The molecule has 2 heterocycles. The number of nitrogen functional groups attached to an aromatic ring is 1. The molecule has 0 atom stereocenters. The molecule has 0 fully saturated rings. The van der Waals surface area contributed by atoms with Crippen LogP contribution in [0.1, 0.15) is 27.2 Å². The van der Waals surface area contributed by atoms with Gasteiger partial charge in [0.05, 0.1) is 0 Å². The zero-order valence-corrected chi connectivity index (χ0v) is 13.1. The number of rotatable bonds is 5. The van der Waals surface area contributed by atoms with Crippen molar-refractivity contribution >= 4 is 33.8 Å². The van der Waals surface area contributed by atoms with Gasteiger partial charge in [0.15, 0.2) is 5.13 Å². The summed E-state index contributed by atoms with van der Waals surface area (Å²) in [6.07, 6.45) is 0.529. The molecule has 0 amide bonds. The van der Waals surface area contributed by atoms with Gasteiger partial charge >= 0.3 is 0 Å². The zero-order chi connectivity index (χ0) is 17.1. The minimum absolute atomic E-state index is 0.0623. The van der Waals surface area contributed by atoms with Crippen LogP contribution >= 0.6 is 11.3 Å². The number of ketones is 1. The van der Waals surface area contributed by atoms with E-state index in [1.54, 1.807) is 12.1 Å². The molecule has 0 aliphatic rings. The number of aromatic nitrogens is 2. The van der Waals surface area contributed by atoms with Crippen LogP contribution in [0.5, 0.6) is 0 Å². The number of carbonyl (C=O) groups is 1. The van der Waals surface area contributed by atoms with Crippen molar-refractivity contribution < 1.29 is 13.6 Å². The summed E-state index contributed by atoms with van der Waals surface area (Å²) in [4.78, 5) is 20.7. The topological polar surface area (TPSA) is 80.9 Å². The molecule has 24 heavy (non-hydrogen) atoms. The van der Waals surface area contributed by atoms with Gasteiger partial charge in [-0.25, -0.2) is 13.8 Å². The number of thiazole rings is 1. The van der Waals surface area contributed by atoms with Crippen LogP contribution in [0.25, 0.3) is 0 Å². The van der Waals surface area contributed by atoms with Gasteiger partial charge in [-0.3, -0.25) is 9.78 Å². The Morgan fingerprint density at radius 2 is 1.79 bits per heavy atom. The molecular formula is C16H12F2N4OS. The Morgan fingerprint density at radius 3 is 2.42 bits per heavy atom. The number of nitrogens with one attached hydrogen (secondary N) is 1. The first-order valence-corrected chi connectivity index (χ1v) is 7.72. The maximum Gasteiger partial charge on any atom is 0.263 e. The number of carbonyl (C=O) groups excluding carboxylic acids is 1. The highest BCUT2D eigenvalue weighted by molar-refractivity contribution is 7.18. The van der Waals surface area contributed by atoms with Gasteiger partial charge in [0.25, 0.3) is 6.43 Å². The van der Waals surface area contributed by atoms with E-state index in [0.717, 1.165) is 11.3 Å². The highest BCUT2D eigenvalue weighted by Crippen LogP contribution is 2.30. The summed E-state index contributed by atoms with van der Waals surface area (Å²) in [7, 11) is 0. The molecule has 5 nitrogen and oxygen atoms in total. The van der Waals surface area contributed by atoms with Gasteiger partial charge in [-0.15, -0.1) is 0 Å². The third kappa shape index (κ3) is 3.38. The van der Waals surface area contributed by atoms with Gasteiger partial charge in [-0.05, 0) is 24.3 Å². The number of nitrogens with zero attached hydrogens (tertiary/aromatic N) is 2. The Labute approximate surface area is 140 Å². The lowest BCUT2D eigenvalue weighted by Crippen LogP contribution is -2.02. The second-order valence-corrected chi connectivity index (χ2v) is 5.85. The molecule has 1 aromatic carbocycles. The van der Waals surface area contributed by atoms with Crippen molar-refractivity contribution in [2.75, 3.05) is 11.1 Å². The average molecular weight is 346 g/mol. The molecule has 122 valence electrons. The molecule has 0 saturated heterocycles. The summed E-state index contributed by atoms with van der Waals surface area (Å²) in [6.45, 7) is 0. The van der Waals surface area contributed by atoms with Crippen molar-refractivity contribution in [3.8, 4) is 0 Å². The first kappa shape index (κ1) is 16.0. The van der Waals surface area contributed by atoms with Gasteiger partial charge < -0.3 is 11.1 Å². The van der Waals surface area contributed by atoms with E-state index in [9.17, 15) is 13.6 Å².